The summed E-state index contributed by atoms with van der Waals surface area (Å²) < 4.78 is 4.88. The summed E-state index contributed by atoms with van der Waals surface area (Å²) in [5, 5.41) is 3.39. The molecule has 0 bridgehead atoms. The highest BCUT2D eigenvalue weighted by molar-refractivity contribution is 5.75. The van der Waals surface area contributed by atoms with Crippen molar-refractivity contribution in [3.63, 3.8) is 0 Å². The fourth-order valence-corrected chi connectivity index (χ4v) is 2.30. The molecule has 0 saturated carbocycles. The van der Waals surface area contributed by atoms with Crippen LogP contribution < -0.4 is 5.32 Å². The highest BCUT2D eigenvalue weighted by Crippen LogP contribution is 2.10. The minimum absolute atomic E-state index is 0.162. The molecular weight excluding hydrogens is 250 g/mol. The third kappa shape index (κ3) is 6.20. The number of methoxy groups -OCH3 is 1. The molecule has 2 unspecified atom stereocenters. The number of ether oxygens (including phenoxy) is 1. The molecule has 0 aliphatic heterocycles. The normalized spacial score (nSPS) is 14.1. The van der Waals surface area contributed by atoms with Crippen LogP contribution in [-0.4, -0.2) is 25.2 Å². The molecule has 0 aliphatic carbocycles. The zero-order valence-electron chi connectivity index (χ0n) is 13.1. The van der Waals surface area contributed by atoms with Crippen LogP contribution >= 0.6 is 0 Å². The van der Waals surface area contributed by atoms with E-state index in [0.717, 1.165) is 19.3 Å². The van der Waals surface area contributed by atoms with E-state index >= 15 is 0 Å². The summed E-state index contributed by atoms with van der Waals surface area (Å²) >= 11 is 0. The predicted octanol–water partition coefficient (Wildman–Crippen LogP) is 3.19. The van der Waals surface area contributed by atoms with E-state index in [2.05, 4.69) is 50.4 Å². The molecule has 0 amide bonds. The summed E-state index contributed by atoms with van der Waals surface area (Å²) in [6.07, 6.45) is 2.84. The fraction of sp³-hybridized carbons (Fsp3) is 0.588. The lowest BCUT2D eigenvalue weighted by molar-refractivity contribution is -0.143. The molecule has 3 nitrogen and oxygen atoms in total. The van der Waals surface area contributed by atoms with Gasteiger partial charge in [0.2, 0.25) is 0 Å². The second-order valence-corrected chi connectivity index (χ2v) is 5.80. The van der Waals surface area contributed by atoms with Gasteiger partial charge in [-0.25, -0.2) is 0 Å². The number of hydrogen-bond donors (Lipinski definition) is 1. The van der Waals surface area contributed by atoms with Crippen LogP contribution in [-0.2, 0) is 16.0 Å². The molecule has 0 heterocycles. The largest absolute Gasteiger partial charge is 0.468 e. The number of hydrogen-bond acceptors (Lipinski definition) is 3. The maximum absolute atomic E-state index is 11.8. The Labute approximate surface area is 122 Å². The molecule has 1 aromatic rings. The number of nitrogens with one attached hydrogen (secondary N) is 1. The minimum Gasteiger partial charge on any atom is -0.468 e. The smallest absolute Gasteiger partial charge is 0.322 e. The van der Waals surface area contributed by atoms with Crippen molar-refractivity contribution in [2.45, 2.75) is 52.1 Å². The minimum atomic E-state index is -0.203. The number of carbonyl (C=O) groups excluding carboxylic acids is 1. The standard InChI is InChI=1S/C17H27NO2/c1-13(2)12-16(17(19)20-4)18-14(3)10-11-15-8-6-5-7-9-15/h5-9,13-14,16,18H,10-12H2,1-4H3. The van der Waals surface area contributed by atoms with Gasteiger partial charge in [-0.15, -0.1) is 0 Å². The molecule has 1 N–H and O–H groups in total. The van der Waals surface area contributed by atoms with Gasteiger partial charge in [0.05, 0.1) is 7.11 Å². The van der Waals surface area contributed by atoms with Crippen LogP contribution in [0.5, 0.6) is 0 Å². The van der Waals surface area contributed by atoms with E-state index in [1.807, 2.05) is 6.07 Å². The van der Waals surface area contributed by atoms with Gasteiger partial charge in [-0.3, -0.25) is 4.79 Å². The van der Waals surface area contributed by atoms with E-state index in [-0.39, 0.29) is 18.1 Å². The average Bonchev–Trinajstić information content (AvgIpc) is 2.44. The molecule has 2 atom stereocenters. The van der Waals surface area contributed by atoms with Gasteiger partial charge >= 0.3 is 5.97 Å². The van der Waals surface area contributed by atoms with Gasteiger partial charge in [0, 0.05) is 6.04 Å². The quantitative estimate of drug-likeness (QED) is 0.742. The molecule has 0 fully saturated rings. The van der Waals surface area contributed by atoms with Crippen LogP contribution in [0, 0.1) is 5.92 Å². The van der Waals surface area contributed by atoms with Gasteiger partial charge in [-0.05, 0) is 37.7 Å². The molecule has 3 heteroatoms. The van der Waals surface area contributed by atoms with Crippen molar-refractivity contribution in [1.82, 2.24) is 5.32 Å². The third-order valence-corrected chi connectivity index (χ3v) is 3.39. The van der Waals surface area contributed by atoms with E-state index in [9.17, 15) is 4.79 Å². The second kappa shape index (κ2) is 8.75. The fourth-order valence-electron chi connectivity index (χ4n) is 2.30. The molecule has 0 aromatic heterocycles. The molecule has 1 rings (SSSR count). The van der Waals surface area contributed by atoms with E-state index in [4.69, 9.17) is 4.74 Å². The predicted molar refractivity (Wildman–Crippen MR) is 82.6 cm³/mol. The van der Waals surface area contributed by atoms with Gasteiger partial charge in [0.15, 0.2) is 0 Å². The summed E-state index contributed by atoms with van der Waals surface area (Å²) in [6, 6.07) is 10.5. The van der Waals surface area contributed by atoms with Crippen molar-refractivity contribution < 1.29 is 9.53 Å². The highest BCUT2D eigenvalue weighted by Gasteiger charge is 2.21. The average molecular weight is 277 g/mol. The lowest BCUT2D eigenvalue weighted by Crippen LogP contribution is -2.43. The Morgan fingerprint density at radius 1 is 1.20 bits per heavy atom. The van der Waals surface area contributed by atoms with E-state index in [1.54, 1.807) is 0 Å². The topological polar surface area (TPSA) is 38.3 Å². The highest BCUT2D eigenvalue weighted by atomic mass is 16.5. The van der Waals surface area contributed by atoms with Crippen molar-refractivity contribution in [2.24, 2.45) is 5.92 Å². The van der Waals surface area contributed by atoms with Crippen LogP contribution in [0.25, 0.3) is 0 Å². The van der Waals surface area contributed by atoms with Gasteiger partial charge < -0.3 is 10.1 Å². The number of rotatable bonds is 8. The molecule has 112 valence electrons. The van der Waals surface area contributed by atoms with E-state index in [1.165, 1.54) is 12.7 Å². The van der Waals surface area contributed by atoms with Crippen molar-refractivity contribution in [1.29, 1.82) is 0 Å². The van der Waals surface area contributed by atoms with Crippen molar-refractivity contribution >= 4 is 5.97 Å². The van der Waals surface area contributed by atoms with E-state index in [0.29, 0.717) is 5.92 Å². The Kier molecular flexibility index (Phi) is 7.31. The number of esters is 1. The Morgan fingerprint density at radius 2 is 1.85 bits per heavy atom. The summed E-state index contributed by atoms with van der Waals surface area (Å²) in [5.41, 5.74) is 1.33. The SMILES string of the molecule is COC(=O)C(CC(C)C)NC(C)CCc1ccccc1. The Bertz CT molecular complexity index is 389. The van der Waals surface area contributed by atoms with Crippen LogP contribution in [0.4, 0.5) is 0 Å². The van der Waals surface area contributed by atoms with Crippen molar-refractivity contribution in [3.05, 3.63) is 35.9 Å². The first kappa shape index (κ1) is 16.7. The lowest BCUT2D eigenvalue weighted by Gasteiger charge is -2.23. The summed E-state index contributed by atoms with van der Waals surface area (Å²) in [4.78, 5) is 11.8. The molecule has 0 radical (unpaired) electrons. The summed E-state index contributed by atoms with van der Waals surface area (Å²) in [6.45, 7) is 6.36. The zero-order valence-corrected chi connectivity index (χ0v) is 13.1. The number of aryl methyl sites for hydroxylation is 1. The van der Waals surface area contributed by atoms with E-state index < -0.39 is 0 Å². The molecular formula is C17H27NO2. The van der Waals surface area contributed by atoms with Gasteiger partial charge in [-0.2, -0.15) is 0 Å². The monoisotopic (exact) mass is 277 g/mol. The second-order valence-electron chi connectivity index (χ2n) is 5.80. The summed E-state index contributed by atoms with van der Waals surface area (Å²) in [7, 11) is 1.45. The number of benzene rings is 1. The van der Waals surface area contributed by atoms with Crippen molar-refractivity contribution in [3.8, 4) is 0 Å². The molecule has 0 saturated heterocycles. The molecule has 1 aromatic carbocycles. The van der Waals surface area contributed by atoms with Gasteiger partial charge in [0.1, 0.15) is 6.04 Å². The Balaban J connectivity index is 2.45. The van der Waals surface area contributed by atoms with Crippen LogP contribution in [0.3, 0.4) is 0 Å². The summed E-state index contributed by atoms with van der Waals surface area (Å²) in [5.74, 6) is 0.304. The van der Waals surface area contributed by atoms with Crippen LogP contribution in [0.1, 0.15) is 39.2 Å². The zero-order chi connectivity index (χ0) is 15.0. The van der Waals surface area contributed by atoms with Gasteiger partial charge in [0.25, 0.3) is 0 Å². The first-order valence-corrected chi connectivity index (χ1v) is 7.40. The maximum Gasteiger partial charge on any atom is 0.322 e. The van der Waals surface area contributed by atoms with Crippen LogP contribution in [0.2, 0.25) is 0 Å². The molecule has 0 aliphatic rings. The first-order valence-electron chi connectivity index (χ1n) is 7.40. The van der Waals surface area contributed by atoms with Crippen molar-refractivity contribution in [2.75, 3.05) is 7.11 Å². The first-order chi connectivity index (χ1) is 9.52. The lowest BCUT2D eigenvalue weighted by atomic mass is 10.0. The third-order valence-electron chi connectivity index (χ3n) is 3.39. The Hall–Kier alpha value is -1.35. The molecule has 20 heavy (non-hydrogen) atoms. The van der Waals surface area contributed by atoms with Crippen LogP contribution in [0.15, 0.2) is 30.3 Å². The number of carbonyl (C=O) groups is 1. The Morgan fingerprint density at radius 3 is 2.40 bits per heavy atom. The van der Waals surface area contributed by atoms with Gasteiger partial charge in [-0.1, -0.05) is 44.2 Å². The maximum atomic E-state index is 11.8. The molecule has 0 spiro atoms.